The maximum absolute atomic E-state index is 12.6. The Morgan fingerprint density at radius 3 is 2.41 bits per heavy atom. The van der Waals surface area contributed by atoms with Gasteiger partial charge in [-0.15, -0.1) is 0 Å². The molecule has 2 aromatic heterocycles. The van der Waals surface area contributed by atoms with E-state index < -0.39 is 31.5 Å². The minimum atomic E-state index is -4.28. The topological polar surface area (TPSA) is 228 Å². The second kappa shape index (κ2) is 20.6. The van der Waals surface area contributed by atoms with Gasteiger partial charge in [0.25, 0.3) is 11.6 Å². The zero-order valence-electron chi connectivity index (χ0n) is 40.2. The van der Waals surface area contributed by atoms with E-state index in [-0.39, 0.29) is 53.5 Å². The number of nitro groups is 1. The van der Waals surface area contributed by atoms with Gasteiger partial charge in [0.15, 0.2) is 17.2 Å². The van der Waals surface area contributed by atoms with Crippen molar-refractivity contribution in [2.75, 3.05) is 83.0 Å². The number of H-pyrrole nitrogens is 1. The van der Waals surface area contributed by atoms with Crippen LogP contribution < -0.4 is 29.6 Å². The maximum Gasteiger partial charge on any atom is 0.339 e. The summed E-state index contributed by atoms with van der Waals surface area (Å²) in [6.07, 6.45) is 11.3. The van der Waals surface area contributed by atoms with Crippen molar-refractivity contribution >= 4 is 44.1 Å². The van der Waals surface area contributed by atoms with Gasteiger partial charge in [-0.05, 0) is 124 Å². The van der Waals surface area contributed by atoms with Crippen molar-refractivity contribution in [3.8, 4) is 23.1 Å². The molecule has 0 radical (unpaired) electrons. The molecule has 2 saturated carbocycles. The monoisotopic (exact) mass is 992 g/mol. The number of aromatic nitrogens is 2. The highest BCUT2D eigenvalue weighted by molar-refractivity contribution is 7.89. The summed E-state index contributed by atoms with van der Waals surface area (Å²) in [5.74, 6) is 0.407. The van der Waals surface area contributed by atoms with Gasteiger partial charge in [0.1, 0.15) is 17.0 Å². The first kappa shape index (κ1) is 48.6. The van der Waals surface area contributed by atoms with E-state index in [2.05, 4.69) is 61.3 Å². The molecule has 5 aliphatic rings. The van der Waals surface area contributed by atoms with Gasteiger partial charge in [0.2, 0.25) is 10.0 Å². The zero-order valence-corrected chi connectivity index (χ0v) is 41.0. The molecule has 19 heteroatoms. The molecule has 1 spiro atoms. The van der Waals surface area contributed by atoms with Crippen LogP contribution in [0.4, 0.5) is 17.1 Å². The molecule has 18 nitrogen and oxygen atoms in total. The number of nitrogens with two attached hydrogens (primary N) is 1. The number of likely N-dealkylation sites (N-methyl/N-ethyl adjacent to an activating group) is 1. The third-order valence-electron chi connectivity index (χ3n) is 15.4. The van der Waals surface area contributed by atoms with Crippen molar-refractivity contribution in [3.63, 3.8) is 0 Å². The molecule has 3 saturated heterocycles. The second-order valence-electron chi connectivity index (χ2n) is 20.2. The van der Waals surface area contributed by atoms with Crippen LogP contribution in [-0.4, -0.2) is 123 Å². The predicted molar refractivity (Wildman–Crippen MR) is 269 cm³/mol. The molecule has 2 aliphatic carbocycles. The number of hydrogen-bond donors (Lipinski definition) is 4. The number of piperazine rings is 1. The van der Waals surface area contributed by atoms with Crippen molar-refractivity contribution in [2.24, 2.45) is 16.5 Å². The highest BCUT2D eigenvalue weighted by Crippen LogP contribution is 2.54. The molecule has 10 rings (SSSR count). The average Bonchev–Trinajstić information content (AvgIpc) is 4.11. The summed E-state index contributed by atoms with van der Waals surface area (Å²) in [5.41, 5.74) is 4.49. The molecule has 1 atom stereocenters. The lowest BCUT2D eigenvalue weighted by Crippen LogP contribution is -2.59. The first-order valence-corrected chi connectivity index (χ1v) is 26.6. The number of nitro benzene ring substituents is 1. The lowest BCUT2D eigenvalue weighted by molar-refractivity contribution is -0.384. The van der Waals surface area contributed by atoms with Crippen LogP contribution in [0, 0.1) is 21.4 Å². The van der Waals surface area contributed by atoms with E-state index in [0.29, 0.717) is 55.7 Å². The van der Waals surface area contributed by atoms with Crippen LogP contribution in [0.5, 0.6) is 23.1 Å². The van der Waals surface area contributed by atoms with Crippen LogP contribution in [0.15, 0.2) is 77.8 Å². The van der Waals surface area contributed by atoms with Gasteiger partial charge < -0.3 is 44.2 Å². The van der Waals surface area contributed by atoms with E-state index in [0.717, 1.165) is 81.5 Å². The van der Waals surface area contributed by atoms with Gasteiger partial charge in [0, 0.05) is 100 Å². The number of nitrogens with one attached hydrogen (secondary N) is 2. The van der Waals surface area contributed by atoms with Crippen LogP contribution >= 0.6 is 0 Å². The lowest BCUT2D eigenvalue weighted by Gasteiger charge is -2.58. The summed E-state index contributed by atoms with van der Waals surface area (Å²) < 4.78 is 48.8. The number of hydrogen-bond acceptors (Lipinski definition) is 14. The Kier molecular flexibility index (Phi) is 14.1. The second-order valence-corrected chi connectivity index (χ2v) is 21.8. The quantitative estimate of drug-likeness (QED) is 0.0347. The van der Waals surface area contributed by atoms with E-state index in [9.17, 15) is 28.4 Å². The minimum absolute atomic E-state index is 0.00303. The molecule has 378 valence electrons. The van der Waals surface area contributed by atoms with Crippen LogP contribution in [0.3, 0.4) is 0 Å². The van der Waals surface area contributed by atoms with E-state index in [1.165, 1.54) is 37.3 Å². The molecule has 1 unspecified atom stereocenters. The first-order valence-electron chi connectivity index (χ1n) is 25.0. The summed E-state index contributed by atoms with van der Waals surface area (Å²) >= 11 is 0. The number of benzene rings is 3. The Morgan fingerprint density at radius 2 is 1.69 bits per heavy atom. The Bertz CT molecular complexity index is 2850. The van der Waals surface area contributed by atoms with Gasteiger partial charge in [-0.3, -0.25) is 15.0 Å². The van der Waals surface area contributed by atoms with Crippen LogP contribution in [0.25, 0.3) is 11.0 Å². The van der Waals surface area contributed by atoms with Crippen molar-refractivity contribution in [3.05, 3.63) is 99.7 Å². The van der Waals surface area contributed by atoms with Gasteiger partial charge >= 0.3 is 5.97 Å². The molecular weight excluding hydrogens is 929 g/mol. The van der Waals surface area contributed by atoms with Crippen molar-refractivity contribution < 1.29 is 42.2 Å². The maximum atomic E-state index is 12.6. The van der Waals surface area contributed by atoms with Crippen molar-refractivity contribution in [2.45, 2.75) is 87.1 Å². The fourth-order valence-corrected chi connectivity index (χ4v) is 11.7. The van der Waals surface area contributed by atoms with E-state index in [1.54, 1.807) is 23.9 Å². The first-order chi connectivity index (χ1) is 34.3. The van der Waals surface area contributed by atoms with Gasteiger partial charge in [-0.25, -0.2) is 18.4 Å². The molecule has 71 heavy (non-hydrogen) atoms. The molecule has 5 heterocycles. The molecule has 5 N–H and O–H groups in total. The van der Waals surface area contributed by atoms with Gasteiger partial charge in [0.05, 0.1) is 23.0 Å². The zero-order chi connectivity index (χ0) is 49.3. The van der Waals surface area contributed by atoms with Crippen LogP contribution in [-0.2, 0) is 14.8 Å². The molecule has 0 bridgehead atoms. The number of carboxylic acids is 1. The number of nitrogens with zero attached hydrogens (tertiary/aromatic N) is 5. The Hall–Kier alpha value is -5.99. The number of ether oxygens (including phenoxy) is 4. The highest BCUT2D eigenvalue weighted by atomic mass is 32.2. The SMILES string of the molecule is CN1CCN(C2CC3(CCN(c4ccc(C(=O)O)c(Oc5cc6cc[nH]c6nc5OCCCCOc5cc(S(N)(=O)=O)cc([N+](=O)[O-])c5NCC5CCOCC5)c4)CC3)C2)C(c2ccccc2C2CC2)C1. The number of anilines is 2. The molecular formula is C52H64N8O10S. The number of primary sulfonamides is 1. The fraction of sp³-hybridized carbons (Fsp3) is 0.500. The largest absolute Gasteiger partial charge is 0.491 e. The Labute approximate surface area is 414 Å². The number of fused-ring (bicyclic) bond motifs is 1. The summed E-state index contributed by atoms with van der Waals surface area (Å²) in [7, 11) is -2.03. The van der Waals surface area contributed by atoms with Crippen molar-refractivity contribution in [1.29, 1.82) is 0 Å². The number of pyridine rings is 1. The number of carbonyl (C=O) groups is 1. The third-order valence-corrected chi connectivity index (χ3v) is 16.3. The normalized spacial score (nSPS) is 20.2. The number of rotatable bonds is 19. The average molecular weight is 993 g/mol. The standard InChI is InChI=1S/C52H64N8O10S/c1-57-20-21-59(44(33-57)41-7-3-2-6-40(41)35-8-9-35)38-30-52(31-38)15-18-58(19-16-52)37-10-11-42(51(61)62)45(27-37)70-47-26-36-12-17-54-49(36)56-50(47)69-23-5-4-22-68-46-29-39(71(53,65)66)28-43(60(63)64)48(46)55-32-34-13-24-67-25-14-34/h2-3,6-7,10-12,17,26-29,34-35,38,44,55H,4-5,8-9,13-16,18-25,30-33H2,1H3,(H,54,56)(H,61,62)(H2,53,65,66). The molecule has 3 aliphatic heterocycles. The van der Waals surface area contributed by atoms with E-state index in [1.807, 2.05) is 18.2 Å². The molecule has 3 aromatic carbocycles. The van der Waals surface area contributed by atoms with Crippen LogP contribution in [0.2, 0.25) is 0 Å². The van der Waals surface area contributed by atoms with Gasteiger partial charge in [-0.2, -0.15) is 4.98 Å². The third kappa shape index (κ3) is 10.9. The number of aromatic amines is 1. The smallest absolute Gasteiger partial charge is 0.339 e. The minimum Gasteiger partial charge on any atom is -0.491 e. The summed E-state index contributed by atoms with van der Waals surface area (Å²) in [4.78, 5) is 39.1. The van der Waals surface area contributed by atoms with Crippen molar-refractivity contribution in [1.82, 2.24) is 19.8 Å². The lowest BCUT2D eigenvalue weighted by atomic mass is 9.59. The summed E-state index contributed by atoms with van der Waals surface area (Å²) in [6, 6.07) is 21.2. The fourth-order valence-electron chi connectivity index (χ4n) is 11.2. The number of sulfonamides is 1. The van der Waals surface area contributed by atoms with Crippen LogP contribution in [0.1, 0.15) is 97.7 Å². The van der Waals surface area contributed by atoms with E-state index in [4.69, 9.17) is 24.1 Å². The Balaban J connectivity index is 0.778. The van der Waals surface area contributed by atoms with Gasteiger partial charge in [-0.1, -0.05) is 24.3 Å². The molecule has 5 fully saturated rings. The number of unbranched alkanes of at least 4 members (excludes halogenated alkanes) is 1. The summed E-state index contributed by atoms with van der Waals surface area (Å²) in [6.45, 7) is 6.83. The highest BCUT2D eigenvalue weighted by Gasteiger charge is 2.50. The molecule has 0 amide bonds. The summed E-state index contributed by atoms with van der Waals surface area (Å²) in [5, 5.41) is 31.7. The number of piperidine rings is 1. The van der Waals surface area contributed by atoms with E-state index >= 15 is 0 Å². The number of carboxylic acid groups (broad SMARTS) is 1. The Morgan fingerprint density at radius 1 is 0.944 bits per heavy atom. The molecule has 5 aromatic rings. The number of aromatic carboxylic acids is 1. The predicted octanol–water partition coefficient (Wildman–Crippen LogP) is 8.30.